The molecule has 8 heteroatoms. The van der Waals surface area contributed by atoms with Crippen LogP contribution in [0.25, 0.3) is 0 Å². The molecular weight excluding hydrogens is 504 g/mol. The van der Waals surface area contributed by atoms with Gasteiger partial charge < -0.3 is 10.2 Å². The minimum absolute atomic E-state index is 0. The quantitative estimate of drug-likeness (QED) is 0.352. The lowest BCUT2D eigenvalue weighted by molar-refractivity contribution is 0.340. The van der Waals surface area contributed by atoms with E-state index in [1.807, 2.05) is 30.3 Å². The van der Waals surface area contributed by atoms with Crippen LogP contribution in [0.1, 0.15) is 30.4 Å². The zero-order chi connectivity index (χ0) is 20.0. The van der Waals surface area contributed by atoms with Gasteiger partial charge in [0.25, 0.3) is 0 Å². The Balaban J connectivity index is 0.00000300. The number of hydrogen-bond donors (Lipinski definition) is 1. The zero-order valence-electron chi connectivity index (χ0n) is 16.5. The van der Waals surface area contributed by atoms with Gasteiger partial charge in [0, 0.05) is 25.0 Å². The Labute approximate surface area is 189 Å². The lowest BCUT2D eigenvalue weighted by Gasteiger charge is -2.30. The summed E-state index contributed by atoms with van der Waals surface area (Å²) in [7, 11) is -3.22. The highest BCUT2D eigenvalue weighted by Gasteiger charge is 2.16. The predicted octanol–water partition coefficient (Wildman–Crippen LogP) is 4.44. The topological polar surface area (TPSA) is 61.8 Å². The van der Waals surface area contributed by atoms with Crippen LogP contribution in [0.15, 0.2) is 53.5 Å². The SMILES string of the molecule is CS(=O)(=O)Cc1ccc(F)cc1CN=C(Nc1ccccc1)N1CCCCC1.I. The third-order valence-electron chi connectivity index (χ3n) is 4.67. The van der Waals surface area contributed by atoms with Gasteiger partial charge in [-0.25, -0.2) is 17.8 Å². The number of guanidine groups is 1. The molecule has 0 bridgehead atoms. The number of likely N-dealkylation sites (tertiary alicyclic amines) is 1. The van der Waals surface area contributed by atoms with Gasteiger partial charge in [-0.2, -0.15) is 0 Å². The number of aliphatic imine (C=N–C) groups is 1. The Morgan fingerprint density at radius 2 is 1.76 bits per heavy atom. The van der Waals surface area contributed by atoms with Crippen molar-refractivity contribution in [1.82, 2.24) is 4.90 Å². The third-order valence-corrected chi connectivity index (χ3v) is 5.51. The summed E-state index contributed by atoms with van der Waals surface area (Å²) >= 11 is 0. The first-order chi connectivity index (χ1) is 13.4. The molecule has 1 fully saturated rings. The van der Waals surface area contributed by atoms with Crippen molar-refractivity contribution in [2.75, 3.05) is 24.7 Å². The smallest absolute Gasteiger partial charge is 0.198 e. The minimum atomic E-state index is -3.22. The van der Waals surface area contributed by atoms with Gasteiger partial charge in [-0.15, -0.1) is 24.0 Å². The van der Waals surface area contributed by atoms with Crippen LogP contribution in [0.5, 0.6) is 0 Å². The number of para-hydroxylation sites is 1. The van der Waals surface area contributed by atoms with E-state index in [9.17, 15) is 12.8 Å². The van der Waals surface area contributed by atoms with Gasteiger partial charge in [-0.05, 0) is 54.7 Å². The molecule has 1 aliphatic heterocycles. The Kier molecular flexibility index (Phi) is 8.88. The Bertz CT molecular complexity index is 930. The highest BCUT2D eigenvalue weighted by Crippen LogP contribution is 2.17. The summed E-state index contributed by atoms with van der Waals surface area (Å²) in [5, 5.41) is 3.37. The molecule has 0 amide bonds. The van der Waals surface area contributed by atoms with Gasteiger partial charge in [-0.1, -0.05) is 24.3 Å². The number of hydrogen-bond acceptors (Lipinski definition) is 3. The van der Waals surface area contributed by atoms with Crippen LogP contribution in [-0.4, -0.2) is 38.6 Å². The molecule has 0 aliphatic carbocycles. The number of rotatable bonds is 5. The number of anilines is 1. The van der Waals surface area contributed by atoms with Crippen LogP contribution in [0.4, 0.5) is 10.1 Å². The summed E-state index contributed by atoms with van der Waals surface area (Å²) in [4.78, 5) is 6.92. The van der Waals surface area contributed by atoms with Gasteiger partial charge in [0.2, 0.25) is 0 Å². The van der Waals surface area contributed by atoms with Gasteiger partial charge >= 0.3 is 0 Å². The highest BCUT2D eigenvalue weighted by atomic mass is 127. The maximum atomic E-state index is 13.8. The summed E-state index contributed by atoms with van der Waals surface area (Å²) < 4.78 is 37.2. The fourth-order valence-electron chi connectivity index (χ4n) is 3.30. The molecule has 1 aliphatic rings. The second-order valence-electron chi connectivity index (χ2n) is 7.16. The molecule has 1 N–H and O–H groups in total. The molecule has 2 aromatic rings. The summed E-state index contributed by atoms with van der Waals surface area (Å²) in [6.45, 7) is 2.05. The van der Waals surface area contributed by atoms with E-state index in [1.165, 1.54) is 30.9 Å². The number of piperidine rings is 1. The van der Waals surface area contributed by atoms with Crippen LogP contribution in [-0.2, 0) is 22.1 Å². The van der Waals surface area contributed by atoms with Gasteiger partial charge in [0.1, 0.15) is 5.82 Å². The second kappa shape index (κ2) is 10.9. The molecule has 0 unspecified atom stereocenters. The number of benzene rings is 2. The molecule has 158 valence electrons. The number of nitrogens with zero attached hydrogens (tertiary/aromatic N) is 2. The monoisotopic (exact) mass is 531 g/mol. The van der Waals surface area contributed by atoms with Crippen molar-refractivity contribution in [2.45, 2.75) is 31.6 Å². The van der Waals surface area contributed by atoms with E-state index < -0.39 is 15.7 Å². The largest absolute Gasteiger partial charge is 0.343 e. The van der Waals surface area contributed by atoms with Crippen LogP contribution < -0.4 is 5.32 Å². The maximum absolute atomic E-state index is 13.8. The first-order valence-electron chi connectivity index (χ1n) is 9.47. The summed E-state index contributed by atoms with van der Waals surface area (Å²) in [6, 6.07) is 14.0. The highest BCUT2D eigenvalue weighted by molar-refractivity contribution is 14.0. The Morgan fingerprint density at radius 3 is 2.41 bits per heavy atom. The molecule has 0 spiro atoms. The molecular formula is C21H27FIN3O2S. The lowest BCUT2D eigenvalue weighted by Crippen LogP contribution is -2.40. The van der Waals surface area contributed by atoms with Crippen LogP contribution in [0, 0.1) is 5.82 Å². The van der Waals surface area contributed by atoms with Crippen LogP contribution in [0.2, 0.25) is 0 Å². The Hall–Kier alpha value is -1.68. The van der Waals surface area contributed by atoms with Crippen molar-refractivity contribution in [3.05, 3.63) is 65.5 Å². The number of halogens is 2. The average Bonchev–Trinajstić information content (AvgIpc) is 2.67. The van der Waals surface area contributed by atoms with Crippen LogP contribution in [0.3, 0.4) is 0 Å². The molecule has 0 aromatic heterocycles. The molecule has 0 saturated carbocycles. The summed E-state index contributed by atoms with van der Waals surface area (Å²) in [5.41, 5.74) is 2.11. The molecule has 3 rings (SSSR count). The fourth-order valence-corrected chi connectivity index (χ4v) is 4.15. The fraction of sp³-hybridized carbons (Fsp3) is 0.381. The minimum Gasteiger partial charge on any atom is -0.343 e. The van der Waals surface area contributed by atoms with Gasteiger partial charge in [-0.3, -0.25) is 0 Å². The third kappa shape index (κ3) is 7.58. The van der Waals surface area contributed by atoms with Crippen molar-refractivity contribution < 1.29 is 12.8 Å². The standard InChI is InChI=1S/C21H26FN3O2S.HI/c1-28(26,27)16-17-10-11-19(22)14-18(17)15-23-21(25-12-6-3-7-13-25)24-20-8-4-2-5-9-20;/h2,4-5,8-11,14H,3,6-7,12-13,15-16H2,1H3,(H,23,24);1H. The van der Waals surface area contributed by atoms with E-state index in [0.717, 1.165) is 37.6 Å². The van der Waals surface area contributed by atoms with Crippen molar-refractivity contribution >= 4 is 45.5 Å². The number of sulfone groups is 1. The molecule has 2 aromatic carbocycles. The number of nitrogens with one attached hydrogen (secondary N) is 1. The molecule has 5 nitrogen and oxygen atoms in total. The molecule has 1 saturated heterocycles. The zero-order valence-corrected chi connectivity index (χ0v) is 19.6. The molecule has 0 radical (unpaired) electrons. The second-order valence-corrected chi connectivity index (χ2v) is 9.30. The van der Waals surface area contributed by atoms with Crippen molar-refractivity contribution in [3.63, 3.8) is 0 Å². The van der Waals surface area contributed by atoms with Crippen LogP contribution >= 0.6 is 24.0 Å². The normalized spacial score (nSPS) is 15.0. The van der Waals surface area contributed by atoms with E-state index >= 15 is 0 Å². The van der Waals surface area contributed by atoms with Crippen molar-refractivity contribution in [3.8, 4) is 0 Å². The van der Waals surface area contributed by atoms with E-state index in [4.69, 9.17) is 4.99 Å². The molecule has 1 heterocycles. The Morgan fingerprint density at radius 1 is 1.07 bits per heavy atom. The molecule has 29 heavy (non-hydrogen) atoms. The lowest BCUT2D eigenvalue weighted by atomic mass is 10.1. The van der Waals surface area contributed by atoms with E-state index in [2.05, 4.69) is 10.2 Å². The summed E-state index contributed by atoms with van der Waals surface area (Å²) in [5.74, 6) is 0.224. The van der Waals surface area contributed by atoms with Gasteiger partial charge in [0.05, 0.1) is 12.3 Å². The summed E-state index contributed by atoms with van der Waals surface area (Å²) in [6.07, 6.45) is 4.60. The molecule has 0 atom stereocenters. The van der Waals surface area contributed by atoms with E-state index in [1.54, 1.807) is 0 Å². The average molecular weight is 531 g/mol. The maximum Gasteiger partial charge on any atom is 0.198 e. The first kappa shape index (κ1) is 23.6. The van der Waals surface area contributed by atoms with Crippen molar-refractivity contribution in [1.29, 1.82) is 0 Å². The first-order valence-corrected chi connectivity index (χ1v) is 11.5. The van der Waals surface area contributed by atoms with Gasteiger partial charge in [0.15, 0.2) is 15.8 Å². The van der Waals surface area contributed by atoms with E-state index in [-0.39, 0.29) is 36.3 Å². The van der Waals surface area contributed by atoms with E-state index in [0.29, 0.717) is 11.1 Å². The predicted molar refractivity (Wildman–Crippen MR) is 127 cm³/mol. The van der Waals surface area contributed by atoms with Crippen molar-refractivity contribution in [2.24, 2.45) is 4.99 Å².